The summed E-state index contributed by atoms with van der Waals surface area (Å²) in [6.45, 7) is 3.79. The second kappa shape index (κ2) is 6.32. The fourth-order valence-electron chi connectivity index (χ4n) is 2.86. The zero-order chi connectivity index (χ0) is 15.5. The van der Waals surface area contributed by atoms with Gasteiger partial charge >= 0.3 is 0 Å². The summed E-state index contributed by atoms with van der Waals surface area (Å²) in [6.07, 6.45) is 1.92. The molecule has 3 rings (SSSR count). The van der Waals surface area contributed by atoms with Gasteiger partial charge in [0.05, 0.1) is 11.5 Å². The predicted molar refractivity (Wildman–Crippen MR) is 83.0 cm³/mol. The number of carbonyl (C=O) groups excluding carboxylic acids is 1. The van der Waals surface area contributed by atoms with Crippen molar-refractivity contribution < 1.29 is 13.9 Å². The molecule has 116 valence electrons. The molecule has 2 heterocycles. The lowest BCUT2D eigenvalue weighted by atomic mass is 10.1. The quantitative estimate of drug-likeness (QED) is 0.873. The average Bonchev–Trinajstić information content (AvgIpc) is 2.55. The minimum atomic E-state index is -0.243. The highest BCUT2D eigenvalue weighted by Gasteiger charge is 2.26. The molecule has 2 aromatic rings. The second-order valence-corrected chi connectivity index (χ2v) is 5.44. The van der Waals surface area contributed by atoms with Crippen LogP contribution in [0, 0.1) is 0 Å². The van der Waals surface area contributed by atoms with Gasteiger partial charge in [-0.3, -0.25) is 9.59 Å². The number of carbonyl (C=O) groups is 1. The SMILES string of the molecule is CCO[C@H]1CCCN(C(=O)c2cc(=O)c3ccccc3o2)C1. The molecule has 22 heavy (non-hydrogen) atoms. The van der Waals surface area contributed by atoms with Crippen LogP contribution in [-0.4, -0.2) is 36.6 Å². The van der Waals surface area contributed by atoms with Crippen molar-refractivity contribution in [2.45, 2.75) is 25.9 Å². The zero-order valence-electron chi connectivity index (χ0n) is 12.6. The number of ether oxygens (including phenoxy) is 1. The summed E-state index contributed by atoms with van der Waals surface area (Å²) in [7, 11) is 0. The van der Waals surface area contributed by atoms with Crippen molar-refractivity contribution in [2.75, 3.05) is 19.7 Å². The number of benzene rings is 1. The van der Waals surface area contributed by atoms with Gasteiger partial charge in [0, 0.05) is 25.8 Å². The van der Waals surface area contributed by atoms with Crippen LogP contribution in [0.5, 0.6) is 0 Å². The molecule has 1 atom stereocenters. The Kier molecular flexibility index (Phi) is 4.24. The van der Waals surface area contributed by atoms with Crippen molar-refractivity contribution in [3.63, 3.8) is 0 Å². The lowest BCUT2D eigenvalue weighted by Gasteiger charge is -2.32. The van der Waals surface area contributed by atoms with E-state index in [0.717, 1.165) is 12.8 Å². The molecular weight excluding hydrogens is 282 g/mol. The predicted octanol–water partition coefficient (Wildman–Crippen LogP) is 2.43. The van der Waals surface area contributed by atoms with E-state index in [0.29, 0.717) is 30.7 Å². The van der Waals surface area contributed by atoms with E-state index in [9.17, 15) is 9.59 Å². The number of para-hydroxylation sites is 1. The Labute approximate surface area is 128 Å². The standard InChI is InChI=1S/C17H19NO4/c1-2-21-12-6-5-9-18(11-12)17(20)16-10-14(19)13-7-3-4-8-15(13)22-16/h3-4,7-8,10,12H,2,5-6,9,11H2,1H3/t12-/m0/s1. The number of nitrogens with zero attached hydrogens (tertiary/aromatic N) is 1. The summed E-state index contributed by atoms with van der Waals surface area (Å²) in [5.41, 5.74) is 0.250. The molecule has 1 fully saturated rings. The maximum Gasteiger partial charge on any atom is 0.289 e. The molecule has 5 nitrogen and oxygen atoms in total. The van der Waals surface area contributed by atoms with Gasteiger partial charge in [-0.05, 0) is 31.9 Å². The van der Waals surface area contributed by atoms with E-state index in [1.807, 2.05) is 6.92 Å². The molecule has 1 aromatic carbocycles. The van der Waals surface area contributed by atoms with Gasteiger partial charge in [0.1, 0.15) is 5.58 Å². The largest absolute Gasteiger partial charge is 0.451 e. The van der Waals surface area contributed by atoms with Crippen molar-refractivity contribution in [1.82, 2.24) is 4.90 Å². The Morgan fingerprint density at radius 3 is 3.05 bits per heavy atom. The third-order valence-corrected chi connectivity index (χ3v) is 3.91. The molecule has 0 saturated carbocycles. The molecule has 0 bridgehead atoms. The van der Waals surface area contributed by atoms with Crippen molar-refractivity contribution in [3.8, 4) is 0 Å². The lowest BCUT2D eigenvalue weighted by Crippen LogP contribution is -2.43. The summed E-state index contributed by atoms with van der Waals surface area (Å²) in [5, 5.41) is 0.491. The molecule has 1 aliphatic heterocycles. The zero-order valence-corrected chi connectivity index (χ0v) is 12.6. The second-order valence-electron chi connectivity index (χ2n) is 5.44. The van der Waals surface area contributed by atoms with E-state index < -0.39 is 0 Å². The van der Waals surface area contributed by atoms with Gasteiger partial charge in [-0.15, -0.1) is 0 Å². The van der Waals surface area contributed by atoms with E-state index in [1.54, 1.807) is 29.2 Å². The Morgan fingerprint density at radius 2 is 2.23 bits per heavy atom. The molecule has 1 saturated heterocycles. The summed E-state index contributed by atoms with van der Waals surface area (Å²) in [4.78, 5) is 26.4. The van der Waals surface area contributed by atoms with Crippen LogP contribution >= 0.6 is 0 Å². The Bertz CT molecular complexity index is 735. The average molecular weight is 301 g/mol. The number of hydrogen-bond donors (Lipinski definition) is 0. The van der Waals surface area contributed by atoms with Gasteiger partial charge in [0.15, 0.2) is 11.2 Å². The minimum Gasteiger partial charge on any atom is -0.451 e. The van der Waals surface area contributed by atoms with Crippen molar-refractivity contribution >= 4 is 16.9 Å². The molecule has 0 aliphatic carbocycles. The molecule has 0 spiro atoms. The summed E-state index contributed by atoms with van der Waals surface area (Å²) in [6, 6.07) is 8.24. The maximum absolute atomic E-state index is 12.6. The Morgan fingerprint density at radius 1 is 1.41 bits per heavy atom. The fourth-order valence-corrected chi connectivity index (χ4v) is 2.86. The lowest BCUT2D eigenvalue weighted by molar-refractivity contribution is 0.00618. The third-order valence-electron chi connectivity index (χ3n) is 3.91. The molecule has 1 aliphatic rings. The molecule has 1 amide bonds. The first kappa shape index (κ1) is 14.8. The van der Waals surface area contributed by atoms with Crippen LogP contribution in [0.2, 0.25) is 0 Å². The summed E-state index contributed by atoms with van der Waals surface area (Å²) in [5.74, 6) is -0.145. The van der Waals surface area contributed by atoms with Crippen LogP contribution in [0.15, 0.2) is 39.5 Å². The van der Waals surface area contributed by atoms with Crippen LogP contribution in [0.3, 0.4) is 0 Å². The van der Waals surface area contributed by atoms with E-state index in [1.165, 1.54) is 6.07 Å². The minimum absolute atomic E-state index is 0.0647. The van der Waals surface area contributed by atoms with Gasteiger partial charge < -0.3 is 14.1 Å². The van der Waals surface area contributed by atoms with Crippen LogP contribution in [-0.2, 0) is 4.74 Å². The molecular formula is C17H19NO4. The smallest absolute Gasteiger partial charge is 0.289 e. The monoisotopic (exact) mass is 301 g/mol. The van der Waals surface area contributed by atoms with Gasteiger partial charge in [-0.2, -0.15) is 0 Å². The van der Waals surface area contributed by atoms with E-state index in [-0.39, 0.29) is 23.2 Å². The first-order chi connectivity index (χ1) is 10.7. The Balaban J connectivity index is 1.87. The van der Waals surface area contributed by atoms with Gasteiger partial charge in [0.2, 0.25) is 0 Å². The number of hydrogen-bond acceptors (Lipinski definition) is 4. The highest BCUT2D eigenvalue weighted by Crippen LogP contribution is 2.18. The van der Waals surface area contributed by atoms with E-state index in [2.05, 4.69) is 0 Å². The number of likely N-dealkylation sites (tertiary alicyclic amines) is 1. The number of piperidine rings is 1. The number of amides is 1. The molecule has 1 aromatic heterocycles. The highest BCUT2D eigenvalue weighted by atomic mass is 16.5. The Hall–Kier alpha value is -2.14. The molecule has 0 unspecified atom stereocenters. The number of rotatable bonds is 3. The fraction of sp³-hybridized carbons (Fsp3) is 0.412. The van der Waals surface area contributed by atoms with Crippen molar-refractivity contribution in [2.24, 2.45) is 0 Å². The van der Waals surface area contributed by atoms with E-state index in [4.69, 9.17) is 9.15 Å². The van der Waals surface area contributed by atoms with Crippen molar-refractivity contribution in [1.29, 1.82) is 0 Å². The summed E-state index contributed by atoms with van der Waals surface area (Å²) < 4.78 is 11.2. The van der Waals surface area contributed by atoms with Crippen LogP contribution in [0.4, 0.5) is 0 Å². The van der Waals surface area contributed by atoms with Gasteiger partial charge in [-0.1, -0.05) is 12.1 Å². The normalized spacial score (nSPS) is 18.6. The van der Waals surface area contributed by atoms with Crippen LogP contribution in [0.25, 0.3) is 11.0 Å². The van der Waals surface area contributed by atoms with E-state index >= 15 is 0 Å². The third kappa shape index (κ3) is 2.90. The summed E-state index contributed by atoms with van der Waals surface area (Å²) >= 11 is 0. The van der Waals surface area contributed by atoms with Crippen molar-refractivity contribution in [3.05, 3.63) is 46.3 Å². The van der Waals surface area contributed by atoms with Crippen LogP contribution < -0.4 is 5.43 Å². The van der Waals surface area contributed by atoms with Gasteiger partial charge in [0.25, 0.3) is 5.91 Å². The molecule has 5 heteroatoms. The van der Waals surface area contributed by atoms with Crippen LogP contribution in [0.1, 0.15) is 30.3 Å². The topological polar surface area (TPSA) is 59.8 Å². The first-order valence-electron chi connectivity index (χ1n) is 7.63. The highest BCUT2D eigenvalue weighted by molar-refractivity contribution is 5.93. The van der Waals surface area contributed by atoms with Gasteiger partial charge in [-0.25, -0.2) is 0 Å². The first-order valence-corrected chi connectivity index (χ1v) is 7.63. The number of fused-ring (bicyclic) bond motifs is 1. The molecule has 0 radical (unpaired) electrons. The maximum atomic E-state index is 12.6. The molecule has 0 N–H and O–H groups in total.